The molecule has 0 aliphatic heterocycles. The average Bonchev–Trinajstić information content (AvgIpc) is 2.69. The minimum atomic E-state index is -0.594. The minimum absolute atomic E-state index is 0.114. The van der Waals surface area contributed by atoms with Gasteiger partial charge < -0.3 is 15.0 Å². The second kappa shape index (κ2) is 10.6. The lowest BCUT2D eigenvalue weighted by Crippen LogP contribution is -2.49. The Morgan fingerprint density at radius 2 is 1.69 bits per heavy atom. The third kappa shape index (κ3) is 7.26. The predicted octanol–water partition coefficient (Wildman–Crippen LogP) is 3.87. The van der Waals surface area contributed by atoms with Crippen LogP contribution in [0.5, 0.6) is 5.75 Å². The van der Waals surface area contributed by atoms with Crippen LogP contribution in [0.3, 0.4) is 0 Å². The first kappa shape index (κ1) is 22.5. The molecule has 0 saturated carbocycles. The molecule has 0 radical (unpaired) electrons. The number of nitrogens with zero attached hydrogens (tertiary/aromatic N) is 1. The van der Waals surface area contributed by atoms with Gasteiger partial charge in [-0.25, -0.2) is 0 Å². The van der Waals surface area contributed by atoms with E-state index in [1.54, 1.807) is 11.8 Å². The molecule has 1 N–H and O–H groups in total. The largest absolute Gasteiger partial charge is 0.484 e. The van der Waals surface area contributed by atoms with Crippen molar-refractivity contribution in [2.45, 2.75) is 47.2 Å². The molecule has 0 aromatic heterocycles. The van der Waals surface area contributed by atoms with E-state index in [9.17, 15) is 9.59 Å². The topological polar surface area (TPSA) is 58.6 Å². The Kier molecular flexibility index (Phi) is 8.25. The van der Waals surface area contributed by atoms with E-state index in [1.807, 2.05) is 76.2 Å². The van der Waals surface area contributed by atoms with E-state index in [1.165, 1.54) is 0 Å². The number of carbonyl (C=O) groups is 2. The molecule has 0 bridgehead atoms. The van der Waals surface area contributed by atoms with E-state index in [2.05, 4.69) is 5.32 Å². The third-order valence-corrected chi connectivity index (χ3v) is 4.68. The van der Waals surface area contributed by atoms with Crippen LogP contribution in [-0.2, 0) is 16.1 Å². The quantitative estimate of drug-likeness (QED) is 0.700. The molecular weight excluding hydrogens is 364 g/mol. The lowest BCUT2D eigenvalue weighted by Gasteiger charge is -2.29. The zero-order valence-corrected chi connectivity index (χ0v) is 18.1. The molecule has 2 rings (SSSR count). The highest BCUT2D eigenvalue weighted by atomic mass is 16.5. The van der Waals surface area contributed by atoms with Gasteiger partial charge in [-0.3, -0.25) is 9.59 Å². The van der Waals surface area contributed by atoms with Crippen molar-refractivity contribution in [3.05, 3.63) is 65.2 Å². The number of nitrogens with one attached hydrogen (secondary N) is 1. The van der Waals surface area contributed by atoms with Crippen LogP contribution in [0.4, 0.5) is 0 Å². The van der Waals surface area contributed by atoms with Crippen molar-refractivity contribution >= 4 is 11.8 Å². The highest BCUT2D eigenvalue weighted by molar-refractivity contribution is 5.87. The molecule has 2 amide bonds. The molecule has 0 saturated heterocycles. The number of ether oxygens (including phenoxy) is 1. The summed E-state index contributed by atoms with van der Waals surface area (Å²) in [4.78, 5) is 27.2. The summed E-state index contributed by atoms with van der Waals surface area (Å²) in [7, 11) is 0. The van der Waals surface area contributed by atoms with Crippen molar-refractivity contribution in [2.75, 3.05) is 13.2 Å². The highest BCUT2D eigenvalue weighted by Crippen LogP contribution is 2.15. The van der Waals surface area contributed by atoms with Gasteiger partial charge >= 0.3 is 0 Å². The summed E-state index contributed by atoms with van der Waals surface area (Å²) in [5.41, 5.74) is 3.19. The summed E-state index contributed by atoms with van der Waals surface area (Å²) < 4.78 is 5.69. The second-order valence-corrected chi connectivity index (χ2v) is 7.93. The Morgan fingerprint density at radius 3 is 2.31 bits per heavy atom. The van der Waals surface area contributed by atoms with Gasteiger partial charge in [0.1, 0.15) is 11.8 Å². The SMILES string of the molecule is Cc1ccc(CN(C(=O)COc2cccc(C)c2)[C@@H](C)C(=O)NCC(C)C)cc1. The van der Waals surface area contributed by atoms with Gasteiger partial charge in [0, 0.05) is 13.1 Å². The van der Waals surface area contributed by atoms with Gasteiger partial charge in [0.05, 0.1) is 0 Å². The molecular formula is C24H32N2O3. The van der Waals surface area contributed by atoms with Crippen LogP contribution in [0, 0.1) is 19.8 Å². The summed E-state index contributed by atoms with van der Waals surface area (Å²) in [5, 5.41) is 2.92. The van der Waals surface area contributed by atoms with Crippen LogP contribution in [0.1, 0.15) is 37.5 Å². The van der Waals surface area contributed by atoms with E-state index >= 15 is 0 Å². The Balaban J connectivity index is 2.12. The molecule has 156 valence electrons. The summed E-state index contributed by atoms with van der Waals surface area (Å²) >= 11 is 0. The Labute approximate surface area is 174 Å². The van der Waals surface area contributed by atoms with Gasteiger partial charge in [-0.1, -0.05) is 55.8 Å². The number of hydrogen-bond acceptors (Lipinski definition) is 3. The van der Waals surface area contributed by atoms with Crippen LogP contribution in [-0.4, -0.2) is 35.9 Å². The van der Waals surface area contributed by atoms with Crippen molar-refractivity contribution in [3.63, 3.8) is 0 Å². The van der Waals surface area contributed by atoms with Crippen molar-refractivity contribution in [3.8, 4) is 5.75 Å². The molecule has 0 fully saturated rings. The molecule has 0 aliphatic carbocycles. The Hall–Kier alpha value is -2.82. The highest BCUT2D eigenvalue weighted by Gasteiger charge is 2.26. The molecule has 5 nitrogen and oxygen atoms in total. The molecule has 1 atom stereocenters. The maximum atomic E-state index is 13.0. The first-order valence-electron chi connectivity index (χ1n) is 10.1. The molecule has 0 heterocycles. The fourth-order valence-electron chi connectivity index (χ4n) is 2.86. The number of rotatable bonds is 9. The van der Waals surface area contributed by atoms with Gasteiger partial charge in [-0.2, -0.15) is 0 Å². The zero-order valence-electron chi connectivity index (χ0n) is 18.1. The summed E-state index contributed by atoms with van der Waals surface area (Å²) in [5.74, 6) is 0.608. The van der Waals surface area contributed by atoms with Gasteiger partial charge in [-0.15, -0.1) is 0 Å². The predicted molar refractivity (Wildman–Crippen MR) is 116 cm³/mol. The van der Waals surface area contributed by atoms with Crippen molar-refractivity contribution < 1.29 is 14.3 Å². The number of aryl methyl sites for hydroxylation is 2. The first-order valence-corrected chi connectivity index (χ1v) is 10.1. The third-order valence-electron chi connectivity index (χ3n) is 4.68. The molecule has 2 aromatic carbocycles. The zero-order chi connectivity index (χ0) is 21.4. The molecule has 29 heavy (non-hydrogen) atoms. The summed E-state index contributed by atoms with van der Waals surface area (Å²) in [6, 6.07) is 14.9. The number of benzene rings is 2. The molecule has 0 aliphatic rings. The van der Waals surface area contributed by atoms with Gasteiger partial charge in [0.25, 0.3) is 5.91 Å². The van der Waals surface area contributed by atoms with Crippen LogP contribution in [0.15, 0.2) is 48.5 Å². The van der Waals surface area contributed by atoms with Crippen LogP contribution in [0.25, 0.3) is 0 Å². The normalized spacial score (nSPS) is 11.8. The maximum absolute atomic E-state index is 13.0. The van der Waals surface area contributed by atoms with E-state index in [0.29, 0.717) is 24.8 Å². The standard InChI is InChI=1S/C24H32N2O3/c1-17(2)14-25-24(28)20(5)26(15-21-11-9-18(3)10-12-21)23(27)16-29-22-8-6-7-19(4)13-22/h6-13,17,20H,14-16H2,1-5H3,(H,25,28)/t20-/m0/s1. The Bertz CT molecular complexity index is 815. The fourth-order valence-corrected chi connectivity index (χ4v) is 2.86. The van der Waals surface area contributed by atoms with Crippen molar-refractivity contribution in [1.82, 2.24) is 10.2 Å². The Morgan fingerprint density at radius 1 is 1.00 bits per heavy atom. The first-order chi connectivity index (χ1) is 13.8. The second-order valence-electron chi connectivity index (χ2n) is 7.93. The van der Waals surface area contributed by atoms with Crippen molar-refractivity contribution in [2.24, 2.45) is 5.92 Å². The molecule has 5 heteroatoms. The van der Waals surface area contributed by atoms with Gasteiger partial charge in [-0.05, 0) is 49.9 Å². The number of amides is 2. The van der Waals surface area contributed by atoms with E-state index in [0.717, 1.165) is 16.7 Å². The van der Waals surface area contributed by atoms with E-state index < -0.39 is 6.04 Å². The van der Waals surface area contributed by atoms with Crippen LogP contribution < -0.4 is 10.1 Å². The summed E-state index contributed by atoms with van der Waals surface area (Å²) in [6.45, 7) is 10.6. The lowest BCUT2D eigenvalue weighted by molar-refractivity contribution is -0.142. The monoisotopic (exact) mass is 396 g/mol. The van der Waals surface area contributed by atoms with Crippen LogP contribution >= 0.6 is 0 Å². The van der Waals surface area contributed by atoms with E-state index in [-0.39, 0.29) is 18.4 Å². The van der Waals surface area contributed by atoms with Crippen molar-refractivity contribution in [1.29, 1.82) is 0 Å². The molecule has 0 unspecified atom stereocenters. The smallest absolute Gasteiger partial charge is 0.261 e. The number of carbonyl (C=O) groups excluding carboxylic acids is 2. The van der Waals surface area contributed by atoms with E-state index in [4.69, 9.17) is 4.74 Å². The van der Waals surface area contributed by atoms with Crippen LogP contribution in [0.2, 0.25) is 0 Å². The molecule has 2 aromatic rings. The van der Waals surface area contributed by atoms with Gasteiger partial charge in [0.2, 0.25) is 5.91 Å². The molecule has 0 spiro atoms. The lowest BCUT2D eigenvalue weighted by atomic mass is 10.1. The number of hydrogen-bond donors (Lipinski definition) is 1. The average molecular weight is 397 g/mol. The minimum Gasteiger partial charge on any atom is -0.484 e. The van der Waals surface area contributed by atoms with Gasteiger partial charge in [0.15, 0.2) is 6.61 Å². The summed E-state index contributed by atoms with van der Waals surface area (Å²) in [6.07, 6.45) is 0. The maximum Gasteiger partial charge on any atom is 0.261 e. The fraction of sp³-hybridized carbons (Fsp3) is 0.417.